The van der Waals surface area contributed by atoms with Crippen molar-refractivity contribution in [3.63, 3.8) is 0 Å². The Labute approximate surface area is 155 Å². The van der Waals surface area contributed by atoms with Crippen LogP contribution in [0.15, 0.2) is 68.8 Å². The second-order valence-corrected chi connectivity index (χ2v) is 7.96. The number of thioether (sulfide) groups is 1. The summed E-state index contributed by atoms with van der Waals surface area (Å²) in [6.07, 6.45) is 1.41. The van der Waals surface area contributed by atoms with Crippen molar-refractivity contribution in [1.82, 2.24) is 4.90 Å². The Hall–Kier alpha value is -2.45. The highest BCUT2D eigenvalue weighted by molar-refractivity contribution is 8.19. The van der Waals surface area contributed by atoms with Gasteiger partial charge in [-0.1, -0.05) is 36.4 Å². The molecule has 2 aromatic rings. The fourth-order valence-electron chi connectivity index (χ4n) is 2.34. The Morgan fingerprint density at radius 1 is 1.12 bits per heavy atom. The number of hydrogen-bond donors (Lipinski definition) is 0. The van der Waals surface area contributed by atoms with E-state index in [1.165, 1.54) is 29.2 Å². The monoisotopic (exact) mass is 390 g/mol. The number of likely N-dealkylation sites (N-methyl/N-ethyl adjacent to an activating group) is 1. The van der Waals surface area contributed by atoms with Gasteiger partial charge in [0, 0.05) is 12.1 Å². The number of amides is 1. The van der Waals surface area contributed by atoms with Gasteiger partial charge in [0.05, 0.1) is 9.80 Å². The third kappa shape index (κ3) is 3.71. The molecule has 2 aromatic carbocycles. The molecular weight excluding hydrogens is 375 g/mol. The smallest absolute Gasteiger partial charge is 0.284 e. The van der Waals surface area contributed by atoms with Crippen molar-refractivity contribution in [1.29, 1.82) is 0 Å². The van der Waals surface area contributed by atoms with Crippen LogP contribution in [0, 0.1) is 5.82 Å². The number of nitrogens with zero attached hydrogens (tertiary/aromatic N) is 2. The predicted molar refractivity (Wildman–Crippen MR) is 100 cm³/mol. The SMILES string of the molecule is CCN1C(=O)/C(=C/c2ccccc2F)SC1=NS(=O)(=O)c1ccccc1. The second kappa shape index (κ2) is 7.43. The fraction of sp³-hybridized carbons (Fsp3) is 0.111. The van der Waals surface area contributed by atoms with E-state index in [0.29, 0.717) is 0 Å². The predicted octanol–water partition coefficient (Wildman–Crippen LogP) is 3.51. The van der Waals surface area contributed by atoms with Crippen LogP contribution in [0.25, 0.3) is 6.08 Å². The zero-order valence-corrected chi connectivity index (χ0v) is 15.4. The zero-order chi connectivity index (χ0) is 18.7. The molecule has 0 radical (unpaired) electrons. The van der Waals surface area contributed by atoms with Crippen LogP contribution in [0.1, 0.15) is 12.5 Å². The van der Waals surface area contributed by atoms with Gasteiger partial charge in [0.1, 0.15) is 5.82 Å². The Bertz CT molecular complexity index is 1000. The van der Waals surface area contributed by atoms with Crippen molar-refractivity contribution in [2.75, 3.05) is 6.54 Å². The van der Waals surface area contributed by atoms with Crippen LogP contribution < -0.4 is 0 Å². The van der Waals surface area contributed by atoms with Crippen molar-refractivity contribution < 1.29 is 17.6 Å². The summed E-state index contributed by atoms with van der Waals surface area (Å²) in [7, 11) is -3.94. The lowest BCUT2D eigenvalue weighted by Crippen LogP contribution is -2.29. The first kappa shape index (κ1) is 18.3. The average molecular weight is 390 g/mol. The summed E-state index contributed by atoms with van der Waals surface area (Å²) in [5.41, 5.74) is 0.256. The molecule has 8 heteroatoms. The van der Waals surface area contributed by atoms with Crippen molar-refractivity contribution in [2.24, 2.45) is 4.40 Å². The van der Waals surface area contributed by atoms with Crippen LogP contribution >= 0.6 is 11.8 Å². The molecule has 26 heavy (non-hydrogen) atoms. The maximum atomic E-state index is 13.8. The molecule has 3 rings (SSSR count). The zero-order valence-electron chi connectivity index (χ0n) is 13.8. The van der Waals surface area contributed by atoms with Crippen LogP contribution in [0.4, 0.5) is 4.39 Å². The highest BCUT2D eigenvalue weighted by Crippen LogP contribution is 2.33. The Balaban J connectivity index is 1.99. The Morgan fingerprint density at radius 2 is 1.77 bits per heavy atom. The summed E-state index contributed by atoms with van der Waals surface area (Å²) in [5, 5.41) is 0.0592. The molecule has 1 amide bonds. The van der Waals surface area contributed by atoms with Crippen LogP contribution in [0.3, 0.4) is 0 Å². The van der Waals surface area contributed by atoms with Gasteiger partial charge in [-0.25, -0.2) is 4.39 Å². The molecule has 1 aliphatic heterocycles. The molecule has 0 aromatic heterocycles. The molecule has 1 saturated heterocycles. The molecule has 0 aliphatic carbocycles. The summed E-state index contributed by atoms with van der Waals surface area (Å²) in [6, 6.07) is 13.8. The number of halogens is 1. The lowest BCUT2D eigenvalue weighted by molar-refractivity contribution is -0.122. The molecule has 134 valence electrons. The molecule has 0 atom stereocenters. The molecule has 1 fully saturated rings. The molecule has 0 spiro atoms. The third-order valence-electron chi connectivity index (χ3n) is 3.64. The van der Waals surface area contributed by atoms with Crippen molar-refractivity contribution in [3.05, 3.63) is 70.9 Å². The molecule has 1 heterocycles. The maximum absolute atomic E-state index is 13.8. The maximum Gasteiger partial charge on any atom is 0.284 e. The highest BCUT2D eigenvalue weighted by Gasteiger charge is 2.34. The average Bonchev–Trinajstić information content (AvgIpc) is 2.91. The van der Waals surface area contributed by atoms with Crippen molar-refractivity contribution in [3.8, 4) is 0 Å². The standard InChI is InChI=1S/C18H15FN2O3S2/c1-2-21-17(22)16(12-13-8-6-7-11-15(13)19)25-18(21)20-26(23,24)14-9-4-3-5-10-14/h3-12H,2H2,1H3/b16-12-,20-18?. The molecule has 5 nitrogen and oxygen atoms in total. The molecular formula is C18H15FN2O3S2. The van der Waals surface area contributed by atoms with Gasteiger partial charge < -0.3 is 0 Å². The Morgan fingerprint density at radius 3 is 2.42 bits per heavy atom. The third-order valence-corrected chi connectivity index (χ3v) is 6.04. The van der Waals surface area contributed by atoms with Gasteiger partial charge in [-0.05, 0) is 43.0 Å². The minimum absolute atomic E-state index is 0.0446. The topological polar surface area (TPSA) is 66.8 Å². The minimum Gasteiger partial charge on any atom is -0.286 e. The molecule has 1 aliphatic rings. The van der Waals surface area contributed by atoms with Crippen LogP contribution in [0.5, 0.6) is 0 Å². The van der Waals surface area contributed by atoms with Gasteiger partial charge >= 0.3 is 0 Å². The first-order valence-electron chi connectivity index (χ1n) is 7.78. The van der Waals surface area contributed by atoms with Crippen LogP contribution in [0.2, 0.25) is 0 Å². The Kier molecular flexibility index (Phi) is 5.24. The van der Waals surface area contributed by atoms with Gasteiger partial charge in [-0.15, -0.1) is 4.40 Å². The van der Waals surface area contributed by atoms with E-state index in [0.717, 1.165) is 11.8 Å². The first-order valence-corrected chi connectivity index (χ1v) is 10.0. The molecule has 0 saturated carbocycles. The summed E-state index contributed by atoms with van der Waals surface area (Å²) in [5.74, 6) is -0.860. The van der Waals surface area contributed by atoms with Crippen molar-refractivity contribution in [2.45, 2.75) is 11.8 Å². The van der Waals surface area contributed by atoms with E-state index >= 15 is 0 Å². The number of benzene rings is 2. The normalized spacial score (nSPS) is 18.1. The number of amidine groups is 1. The van der Waals surface area contributed by atoms with Crippen molar-refractivity contribution >= 4 is 38.9 Å². The van der Waals surface area contributed by atoms with E-state index in [2.05, 4.69) is 4.40 Å². The van der Waals surface area contributed by atoms with E-state index in [9.17, 15) is 17.6 Å². The number of hydrogen-bond acceptors (Lipinski definition) is 4. The number of carbonyl (C=O) groups is 1. The highest BCUT2D eigenvalue weighted by atomic mass is 32.2. The van der Waals surface area contributed by atoms with Crippen LogP contribution in [-0.4, -0.2) is 30.9 Å². The summed E-state index contributed by atoms with van der Waals surface area (Å²) in [4.78, 5) is 14.1. The van der Waals surface area contributed by atoms with Gasteiger partial charge in [0.25, 0.3) is 15.9 Å². The van der Waals surface area contributed by atoms with E-state index in [-0.39, 0.29) is 27.1 Å². The van der Waals surface area contributed by atoms with Crippen LogP contribution in [-0.2, 0) is 14.8 Å². The summed E-state index contributed by atoms with van der Waals surface area (Å²) < 4.78 is 42.6. The quantitative estimate of drug-likeness (QED) is 0.750. The van der Waals surface area contributed by atoms with E-state index in [1.807, 2.05) is 0 Å². The molecule has 0 bridgehead atoms. The van der Waals surface area contributed by atoms with E-state index < -0.39 is 21.7 Å². The summed E-state index contributed by atoms with van der Waals surface area (Å²) >= 11 is 0.918. The van der Waals surface area contributed by atoms with E-state index in [4.69, 9.17) is 0 Å². The first-order chi connectivity index (χ1) is 12.4. The number of carbonyl (C=O) groups excluding carboxylic acids is 1. The number of sulfonamides is 1. The lowest BCUT2D eigenvalue weighted by Gasteiger charge is -2.11. The fourth-order valence-corrected chi connectivity index (χ4v) is 4.59. The second-order valence-electron chi connectivity index (χ2n) is 5.34. The minimum atomic E-state index is -3.94. The molecule has 0 unspecified atom stereocenters. The lowest BCUT2D eigenvalue weighted by atomic mass is 10.2. The van der Waals surface area contributed by atoms with Gasteiger partial charge in [0.15, 0.2) is 5.17 Å². The van der Waals surface area contributed by atoms with E-state index in [1.54, 1.807) is 43.3 Å². The van der Waals surface area contributed by atoms with Gasteiger partial charge in [-0.3, -0.25) is 9.69 Å². The van der Waals surface area contributed by atoms with Gasteiger partial charge in [0.2, 0.25) is 0 Å². The van der Waals surface area contributed by atoms with Gasteiger partial charge in [-0.2, -0.15) is 8.42 Å². The largest absolute Gasteiger partial charge is 0.286 e. The molecule has 0 N–H and O–H groups in total. The number of rotatable bonds is 4. The summed E-state index contributed by atoms with van der Waals surface area (Å²) in [6.45, 7) is 1.97.